The van der Waals surface area contributed by atoms with E-state index in [0.717, 1.165) is 17.4 Å². The average molecular weight is 352 g/mol. The minimum absolute atomic E-state index is 0.0209. The molecule has 0 aliphatic rings. The number of aromatic nitrogens is 1. The smallest absolute Gasteiger partial charge is 0.387 e. The summed E-state index contributed by atoms with van der Waals surface area (Å²) in [5.41, 5.74) is -0.350. The Bertz CT molecular complexity index is 595. The molecule has 2 nitrogen and oxygen atoms in total. The van der Waals surface area contributed by atoms with Crippen molar-refractivity contribution in [3.63, 3.8) is 0 Å². The predicted molar refractivity (Wildman–Crippen MR) is 70.9 cm³/mol. The Balaban J connectivity index is 2.55. The third kappa shape index (κ3) is 3.16. The fourth-order valence-corrected chi connectivity index (χ4v) is 2.85. The predicted octanol–water partition coefficient (Wildman–Crippen LogP) is 4.64. The average Bonchev–Trinajstić information content (AvgIpc) is 2.77. The molecule has 102 valence electrons. The van der Waals surface area contributed by atoms with Crippen molar-refractivity contribution in [2.75, 3.05) is 0 Å². The molecule has 1 unspecified atom stereocenters. The van der Waals surface area contributed by atoms with E-state index in [2.05, 4.69) is 20.9 Å². The van der Waals surface area contributed by atoms with E-state index in [1.165, 1.54) is 19.1 Å². The van der Waals surface area contributed by atoms with Crippen molar-refractivity contribution < 1.29 is 18.3 Å². The van der Waals surface area contributed by atoms with Crippen LogP contribution in [0.3, 0.4) is 0 Å². The molecule has 1 heterocycles. The molecule has 7 heteroatoms. The van der Waals surface area contributed by atoms with Crippen molar-refractivity contribution in [3.8, 4) is 10.6 Å². The van der Waals surface area contributed by atoms with Gasteiger partial charge in [-0.1, -0.05) is 22.0 Å². The fraction of sp³-hybridized carbons (Fsp3) is 0.250. The Morgan fingerprint density at radius 1 is 1.37 bits per heavy atom. The lowest BCUT2D eigenvalue weighted by Gasteiger charge is -2.11. The molecule has 0 saturated carbocycles. The number of nitrogens with zero attached hydrogens (tertiary/aromatic N) is 1. The van der Waals surface area contributed by atoms with Crippen molar-refractivity contribution in [1.29, 1.82) is 0 Å². The van der Waals surface area contributed by atoms with Gasteiger partial charge in [0, 0.05) is 15.4 Å². The normalized spacial score (nSPS) is 13.6. The first-order valence-corrected chi connectivity index (χ1v) is 6.97. The number of halogens is 4. The largest absolute Gasteiger partial charge is 0.417 e. The molecule has 0 fully saturated rings. The van der Waals surface area contributed by atoms with Crippen molar-refractivity contribution in [1.82, 2.24) is 4.98 Å². The second-order valence-corrected chi connectivity index (χ2v) is 5.71. The highest BCUT2D eigenvalue weighted by Gasteiger charge is 2.34. The maximum Gasteiger partial charge on any atom is 0.417 e. The monoisotopic (exact) mass is 351 g/mol. The summed E-state index contributed by atoms with van der Waals surface area (Å²) in [6.45, 7) is 1.52. The highest BCUT2D eigenvalue weighted by atomic mass is 79.9. The zero-order chi connectivity index (χ0) is 14.2. The molecule has 1 N–H and O–H groups in total. The van der Waals surface area contributed by atoms with E-state index >= 15 is 0 Å². The van der Waals surface area contributed by atoms with Crippen LogP contribution in [0.25, 0.3) is 10.6 Å². The molecule has 19 heavy (non-hydrogen) atoms. The van der Waals surface area contributed by atoms with Gasteiger partial charge in [0.25, 0.3) is 0 Å². The lowest BCUT2D eigenvalue weighted by Crippen LogP contribution is -2.07. The van der Waals surface area contributed by atoms with Crippen LogP contribution in [0, 0.1) is 0 Å². The topological polar surface area (TPSA) is 33.1 Å². The molecule has 0 bridgehead atoms. The van der Waals surface area contributed by atoms with Crippen LogP contribution in [0.1, 0.15) is 24.3 Å². The first kappa shape index (κ1) is 14.5. The minimum Gasteiger partial charge on any atom is -0.387 e. The number of aliphatic hydroxyl groups excluding tert-OH is 1. The second-order valence-electron chi connectivity index (χ2n) is 3.94. The molecule has 1 atom stereocenters. The summed E-state index contributed by atoms with van der Waals surface area (Å²) >= 11 is 4.11. The van der Waals surface area contributed by atoms with Gasteiger partial charge in [-0.05, 0) is 19.1 Å². The second kappa shape index (κ2) is 5.22. The molecule has 1 aromatic carbocycles. The van der Waals surface area contributed by atoms with Crippen molar-refractivity contribution in [2.45, 2.75) is 19.2 Å². The number of rotatable bonds is 2. The van der Waals surface area contributed by atoms with E-state index in [4.69, 9.17) is 0 Å². The molecule has 0 aliphatic heterocycles. The highest BCUT2D eigenvalue weighted by molar-refractivity contribution is 9.10. The Kier molecular flexibility index (Phi) is 3.98. The minimum atomic E-state index is -4.45. The van der Waals surface area contributed by atoms with E-state index in [0.29, 0.717) is 10.2 Å². The molecule has 2 rings (SSSR count). The maximum absolute atomic E-state index is 13.0. The molecule has 1 aromatic heterocycles. The van der Waals surface area contributed by atoms with Gasteiger partial charge in [-0.3, -0.25) is 0 Å². The summed E-state index contributed by atoms with van der Waals surface area (Å²) in [7, 11) is 0. The van der Waals surface area contributed by atoms with Crippen LogP contribution < -0.4 is 0 Å². The van der Waals surface area contributed by atoms with E-state index in [-0.39, 0.29) is 10.6 Å². The summed E-state index contributed by atoms with van der Waals surface area (Å²) in [4.78, 5) is 4.04. The first-order valence-electron chi connectivity index (χ1n) is 5.29. The number of hydrogen-bond donors (Lipinski definition) is 1. The number of benzene rings is 1. The van der Waals surface area contributed by atoms with Crippen LogP contribution in [0.2, 0.25) is 0 Å². The van der Waals surface area contributed by atoms with Crippen LogP contribution in [-0.2, 0) is 6.18 Å². The number of alkyl halides is 3. The zero-order valence-corrected chi connectivity index (χ0v) is 12.1. The summed E-state index contributed by atoms with van der Waals surface area (Å²) in [6.07, 6.45) is -5.25. The third-order valence-corrected chi connectivity index (χ3v) is 3.85. The molecule has 0 radical (unpaired) electrons. The van der Waals surface area contributed by atoms with E-state index in [1.807, 2.05) is 0 Å². The van der Waals surface area contributed by atoms with Gasteiger partial charge in [-0.2, -0.15) is 13.2 Å². The summed E-state index contributed by atoms with van der Waals surface area (Å²) < 4.78 is 39.3. The lowest BCUT2D eigenvalue weighted by molar-refractivity contribution is -0.137. The van der Waals surface area contributed by atoms with Gasteiger partial charge in [0.2, 0.25) is 0 Å². The van der Waals surface area contributed by atoms with Gasteiger partial charge in [-0.25, -0.2) is 4.98 Å². The Morgan fingerprint density at radius 3 is 2.58 bits per heavy atom. The van der Waals surface area contributed by atoms with Crippen molar-refractivity contribution in [3.05, 3.63) is 39.3 Å². The standard InChI is InChI=1S/C12H9BrF3NOS/c1-6(18)10-5-19-11(17-10)8-3-2-7(13)4-9(8)12(14,15)16/h2-6,18H,1H3. The van der Waals surface area contributed by atoms with E-state index < -0.39 is 17.8 Å². The number of aliphatic hydroxyl groups is 1. The number of thiazole rings is 1. The molecular formula is C12H9BrF3NOS. The van der Waals surface area contributed by atoms with Crippen LogP contribution >= 0.6 is 27.3 Å². The first-order chi connectivity index (χ1) is 8.79. The van der Waals surface area contributed by atoms with Crippen molar-refractivity contribution >= 4 is 27.3 Å². The van der Waals surface area contributed by atoms with Crippen LogP contribution in [0.4, 0.5) is 13.2 Å². The van der Waals surface area contributed by atoms with Crippen LogP contribution in [0.5, 0.6) is 0 Å². The molecule has 0 saturated heterocycles. The van der Waals surface area contributed by atoms with Crippen LogP contribution in [0.15, 0.2) is 28.1 Å². The Morgan fingerprint density at radius 2 is 2.05 bits per heavy atom. The third-order valence-electron chi connectivity index (χ3n) is 2.47. The fourth-order valence-electron chi connectivity index (χ4n) is 1.54. The van der Waals surface area contributed by atoms with Gasteiger partial charge in [0.1, 0.15) is 5.01 Å². The van der Waals surface area contributed by atoms with Crippen LogP contribution in [-0.4, -0.2) is 10.1 Å². The number of hydrogen-bond acceptors (Lipinski definition) is 3. The Hall–Kier alpha value is -0.920. The van der Waals surface area contributed by atoms with Gasteiger partial charge in [0.15, 0.2) is 0 Å². The van der Waals surface area contributed by atoms with Gasteiger partial charge >= 0.3 is 6.18 Å². The lowest BCUT2D eigenvalue weighted by atomic mass is 10.1. The molecule has 0 spiro atoms. The maximum atomic E-state index is 13.0. The molecular weight excluding hydrogens is 343 g/mol. The zero-order valence-electron chi connectivity index (χ0n) is 9.70. The van der Waals surface area contributed by atoms with E-state index in [9.17, 15) is 18.3 Å². The molecule has 0 amide bonds. The van der Waals surface area contributed by atoms with Gasteiger partial charge < -0.3 is 5.11 Å². The quantitative estimate of drug-likeness (QED) is 0.854. The van der Waals surface area contributed by atoms with E-state index in [1.54, 1.807) is 5.38 Å². The van der Waals surface area contributed by atoms with Gasteiger partial charge in [-0.15, -0.1) is 11.3 Å². The summed E-state index contributed by atoms with van der Waals surface area (Å²) in [6, 6.07) is 3.93. The summed E-state index contributed by atoms with van der Waals surface area (Å²) in [5.74, 6) is 0. The van der Waals surface area contributed by atoms with Crippen molar-refractivity contribution in [2.24, 2.45) is 0 Å². The highest BCUT2D eigenvalue weighted by Crippen LogP contribution is 2.39. The Labute approximate surface area is 120 Å². The summed E-state index contributed by atoms with van der Waals surface area (Å²) in [5, 5.41) is 11.2. The SMILES string of the molecule is CC(O)c1csc(-c2ccc(Br)cc2C(F)(F)F)n1. The molecule has 2 aromatic rings. The molecule has 0 aliphatic carbocycles. The van der Waals surface area contributed by atoms with Gasteiger partial charge in [0.05, 0.1) is 17.4 Å².